The first-order valence-electron chi connectivity index (χ1n) is 7.14. The summed E-state index contributed by atoms with van der Waals surface area (Å²) < 4.78 is 1.23. The van der Waals surface area contributed by atoms with Crippen molar-refractivity contribution in [3.05, 3.63) is 62.2 Å². The fourth-order valence-electron chi connectivity index (χ4n) is 2.30. The maximum absolute atomic E-state index is 12.1. The van der Waals surface area contributed by atoms with Gasteiger partial charge in [0.2, 0.25) is 0 Å². The molecule has 0 aliphatic carbocycles. The van der Waals surface area contributed by atoms with Crippen LogP contribution in [0.2, 0.25) is 0 Å². The highest BCUT2D eigenvalue weighted by Crippen LogP contribution is 2.15. The molecule has 3 aromatic heterocycles. The van der Waals surface area contributed by atoms with Crippen molar-refractivity contribution in [2.45, 2.75) is 20.4 Å². The molecule has 0 aliphatic rings. The van der Waals surface area contributed by atoms with Gasteiger partial charge >= 0.3 is 11.2 Å². The second kappa shape index (κ2) is 6.03. The molecule has 0 aliphatic heterocycles. The van der Waals surface area contributed by atoms with Gasteiger partial charge in [-0.3, -0.25) is 14.9 Å². The quantitative estimate of drug-likeness (QED) is 0.577. The predicted molar refractivity (Wildman–Crippen MR) is 87.5 cm³/mol. The van der Waals surface area contributed by atoms with Crippen LogP contribution in [0, 0.1) is 10.1 Å². The minimum absolute atomic E-state index is 0.0745. The molecule has 0 saturated carbocycles. The first kappa shape index (κ1) is 15.5. The van der Waals surface area contributed by atoms with E-state index in [4.69, 9.17) is 0 Å². The summed E-state index contributed by atoms with van der Waals surface area (Å²) in [5.74, 6) is 0.469. The average molecular weight is 326 g/mol. The Labute approximate surface area is 135 Å². The highest BCUT2D eigenvalue weighted by Gasteiger charge is 2.15. The molecule has 24 heavy (non-hydrogen) atoms. The largest absolute Gasteiger partial charge is 0.334 e. The van der Waals surface area contributed by atoms with Crippen molar-refractivity contribution in [3.63, 3.8) is 0 Å². The Balaban J connectivity index is 2.03. The van der Waals surface area contributed by atoms with Crippen molar-refractivity contribution in [2.24, 2.45) is 0 Å². The standard InChI is InChI=1S/C15H14N6O3/c1-9(2)6-10-13-14(17-8-16-10)19-12(18-13)7-20-5-3-4-11(15(20)22)21(23)24/h3-6,8H,7H2,1-2H3,(H,16,17,18,19). The van der Waals surface area contributed by atoms with E-state index >= 15 is 0 Å². The third kappa shape index (κ3) is 2.91. The second-order valence-corrected chi connectivity index (χ2v) is 5.44. The lowest BCUT2D eigenvalue weighted by atomic mass is 10.2. The molecular weight excluding hydrogens is 312 g/mol. The highest BCUT2D eigenvalue weighted by atomic mass is 16.6. The van der Waals surface area contributed by atoms with Crippen LogP contribution in [-0.4, -0.2) is 29.4 Å². The van der Waals surface area contributed by atoms with Gasteiger partial charge in [-0.1, -0.05) is 5.57 Å². The first-order chi connectivity index (χ1) is 11.5. The van der Waals surface area contributed by atoms with E-state index in [1.54, 1.807) is 0 Å². The Morgan fingerprint density at radius 1 is 1.42 bits per heavy atom. The number of hydrogen-bond donors (Lipinski definition) is 1. The first-order valence-corrected chi connectivity index (χ1v) is 7.14. The van der Waals surface area contributed by atoms with E-state index in [1.165, 1.54) is 29.2 Å². The van der Waals surface area contributed by atoms with Crippen molar-refractivity contribution >= 4 is 22.9 Å². The molecule has 0 spiro atoms. The topological polar surface area (TPSA) is 120 Å². The molecule has 0 radical (unpaired) electrons. The van der Waals surface area contributed by atoms with E-state index in [-0.39, 0.29) is 6.54 Å². The third-order valence-electron chi connectivity index (χ3n) is 3.30. The van der Waals surface area contributed by atoms with E-state index in [0.717, 1.165) is 5.57 Å². The van der Waals surface area contributed by atoms with Crippen LogP contribution in [0.5, 0.6) is 0 Å². The number of pyridine rings is 1. The molecule has 0 atom stereocenters. The summed E-state index contributed by atoms with van der Waals surface area (Å²) in [6.07, 6.45) is 4.79. The Morgan fingerprint density at radius 2 is 2.21 bits per heavy atom. The number of fused-ring (bicyclic) bond motifs is 1. The lowest BCUT2D eigenvalue weighted by molar-refractivity contribution is -0.386. The van der Waals surface area contributed by atoms with Crippen LogP contribution in [0.15, 0.2) is 35.0 Å². The average Bonchev–Trinajstić information content (AvgIpc) is 2.92. The second-order valence-electron chi connectivity index (χ2n) is 5.44. The zero-order chi connectivity index (χ0) is 17.3. The van der Waals surface area contributed by atoms with E-state index in [1.807, 2.05) is 19.9 Å². The summed E-state index contributed by atoms with van der Waals surface area (Å²) in [6.45, 7) is 3.97. The molecule has 9 nitrogen and oxygen atoms in total. The number of imidazole rings is 1. The summed E-state index contributed by atoms with van der Waals surface area (Å²) in [7, 11) is 0. The Morgan fingerprint density at radius 3 is 2.92 bits per heavy atom. The van der Waals surface area contributed by atoms with Crippen LogP contribution >= 0.6 is 0 Å². The Bertz CT molecular complexity index is 1010. The zero-order valence-electron chi connectivity index (χ0n) is 13.1. The molecule has 0 amide bonds. The van der Waals surface area contributed by atoms with Gasteiger partial charge in [0.15, 0.2) is 5.65 Å². The fraction of sp³-hybridized carbons (Fsp3) is 0.200. The SMILES string of the molecule is CC(C)=Cc1ncnc2[nH]c(Cn3cccc([N+](=O)[O-])c3=O)nc12. The number of aromatic amines is 1. The monoisotopic (exact) mass is 326 g/mol. The lowest BCUT2D eigenvalue weighted by Crippen LogP contribution is -2.22. The molecule has 122 valence electrons. The van der Waals surface area contributed by atoms with Gasteiger partial charge < -0.3 is 9.55 Å². The van der Waals surface area contributed by atoms with Crippen molar-refractivity contribution < 1.29 is 4.92 Å². The number of nitrogens with zero attached hydrogens (tertiary/aromatic N) is 5. The number of nitrogens with one attached hydrogen (secondary N) is 1. The number of hydrogen-bond acceptors (Lipinski definition) is 6. The molecule has 0 aromatic carbocycles. The van der Waals surface area contributed by atoms with Gasteiger partial charge in [-0.15, -0.1) is 0 Å². The smallest absolute Gasteiger partial charge is 0.325 e. The van der Waals surface area contributed by atoms with Gasteiger partial charge in [0, 0.05) is 12.3 Å². The van der Waals surface area contributed by atoms with Gasteiger partial charge in [0.25, 0.3) is 0 Å². The lowest BCUT2D eigenvalue weighted by Gasteiger charge is -2.01. The summed E-state index contributed by atoms with van der Waals surface area (Å²) >= 11 is 0. The Hall–Kier alpha value is -3.36. The van der Waals surface area contributed by atoms with Crippen molar-refractivity contribution in [1.82, 2.24) is 24.5 Å². The fourth-order valence-corrected chi connectivity index (χ4v) is 2.30. The molecule has 0 unspecified atom stereocenters. The van der Waals surface area contributed by atoms with Crippen LogP contribution in [0.25, 0.3) is 17.2 Å². The van der Waals surface area contributed by atoms with Gasteiger partial charge in [0.1, 0.15) is 17.7 Å². The highest BCUT2D eigenvalue weighted by molar-refractivity contribution is 5.80. The maximum atomic E-state index is 12.1. The van der Waals surface area contributed by atoms with Crippen LogP contribution in [0.1, 0.15) is 25.4 Å². The normalized spacial score (nSPS) is 10.8. The van der Waals surface area contributed by atoms with Crippen LogP contribution in [-0.2, 0) is 6.54 Å². The molecule has 0 saturated heterocycles. The number of rotatable bonds is 4. The van der Waals surface area contributed by atoms with Crippen LogP contribution in [0.3, 0.4) is 0 Å². The number of allylic oxidation sites excluding steroid dienone is 1. The number of aromatic nitrogens is 5. The summed E-state index contributed by atoms with van der Waals surface area (Å²) in [6, 6.07) is 2.63. The summed E-state index contributed by atoms with van der Waals surface area (Å²) in [4.78, 5) is 38.0. The van der Waals surface area contributed by atoms with E-state index in [9.17, 15) is 14.9 Å². The molecule has 0 bridgehead atoms. The third-order valence-corrected chi connectivity index (χ3v) is 3.30. The van der Waals surface area contributed by atoms with Gasteiger partial charge in [0.05, 0.1) is 17.2 Å². The minimum Gasteiger partial charge on any atom is -0.325 e. The van der Waals surface area contributed by atoms with Crippen molar-refractivity contribution in [3.8, 4) is 0 Å². The zero-order valence-corrected chi connectivity index (χ0v) is 13.1. The van der Waals surface area contributed by atoms with Gasteiger partial charge in [-0.05, 0) is 26.0 Å². The van der Waals surface area contributed by atoms with Crippen molar-refractivity contribution in [2.75, 3.05) is 0 Å². The number of nitro groups is 1. The molecule has 3 heterocycles. The molecule has 9 heteroatoms. The Kier molecular flexibility index (Phi) is 3.90. The van der Waals surface area contributed by atoms with Crippen molar-refractivity contribution in [1.29, 1.82) is 0 Å². The van der Waals surface area contributed by atoms with E-state index < -0.39 is 16.2 Å². The molecule has 0 fully saturated rings. The van der Waals surface area contributed by atoms with Crippen LogP contribution < -0.4 is 5.56 Å². The molecule has 3 rings (SSSR count). The van der Waals surface area contributed by atoms with Gasteiger partial charge in [-0.2, -0.15) is 0 Å². The molecular formula is C15H14N6O3. The maximum Gasteiger partial charge on any atom is 0.334 e. The molecule has 3 aromatic rings. The van der Waals surface area contributed by atoms with E-state index in [2.05, 4.69) is 19.9 Å². The molecule has 1 N–H and O–H groups in total. The summed E-state index contributed by atoms with van der Waals surface area (Å²) in [5.41, 5.74) is 1.72. The van der Waals surface area contributed by atoms with E-state index in [0.29, 0.717) is 22.7 Å². The van der Waals surface area contributed by atoms with Crippen LogP contribution in [0.4, 0.5) is 5.69 Å². The summed E-state index contributed by atoms with van der Waals surface area (Å²) in [5, 5.41) is 10.9. The predicted octanol–water partition coefficient (Wildman–Crippen LogP) is 1.89. The minimum atomic E-state index is -0.699. The number of H-pyrrole nitrogens is 1. The van der Waals surface area contributed by atoms with Gasteiger partial charge in [-0.25, -0.2) is 15.0 Å².